The van der Waals surface area contributed by atoms with Gasteiger partial charge in [-0.3, -0.25) is 4.79 Å². The minimum absolute atomic E-state index is 0.0852. The maximum Gasteiger partial charge on any atom is 0.263 e. The number of anilines is 1. The number of rotatable bonds is 7. The zero-order chi connectivity index (χ0) is 19.1. The van der Waals surface area contributed by atoms with Crippen LogP contribution in [0.1, 0.15) is 24.3 Å². The lowest BCUT2D eigenvalue weighted by atomic mass is 10.1. The summed E-state index contributed by atoms with van der Waals surface area (Å²) in [6.45, 7) is 3.55. The predicted octanol–water partition coefficient (Wildman–Crippen LogP) is 2.70. The maximum atomic E-state index is 12.3. The fraction of sp³-hybridized carbons (Fsp3) is 0.278. The second kappa shape index (κ2) is 8.58. The van der Waals surface area contributed by atoms with Crippen molar-refractivity contribution in [1.82, 2.24) is 10.5 Å². The molecule has 1 heterocycles. The van der Waals surface area contributed by atoms with Crippen molar-refractivity contribution in [1.29, 1.82) is 5.26 Å². The number of carbonyl (C=O) groups is 1. The van der Waals surface area contributed by atoms with Gasteiger partial charge in [0.15, 0.2) is 17.3 Å². The summed E-state index contributed by atoms with van der Waals surface area (Å²) >= 11 is 0. The number of aromatic nitrogens is 1. The Morgan fingerprint density at radius 2 is 2.04 bits per heavy atom. The van der Waals surface area contributed by atoms with E-state index in [4.69, 9.17) is 14.0 Å². The van der Waals surface area contributed by atoms with Gasteiger partial charge in [0, 0.05) is 12.3 Å². The Labute approximate surface area is 151 Å². The van der Waals surface area contributed by atoms with E-state index in [1.165, 1.54) is 6.20 Å². The number of nitrogens with zero attached hydrogens (tertiary/aromatic N) is 2. The van der Waals surface area contributed by atoms with Crippen LogP contribution in [0.2, 0.25) is 0 Å². The van der Waals surface area contributed by atoms with Crippen LogP contribution in [0.3, 0.4) is 0 Å². The van der Waals surface area contributed by atoms with Crippen molar-refractivity contribution in [3.8, 4) is 17.6 Å². The third-order valence-electron chi connectivity index (χ3n) is 3.61. The van der Waals surface area contributed by atoms with Crippen molar-refractivity contribution in [2.24, 2.45) is 0 Å². The predicted molar refractivity (Wildman–Crippen MR) is 94.7 cm³/mol. The summed E-state index contributed by atoms with van der Waals surface area (Å²) < 4.78 is 15.4. The molecule has 0 aliphatic carbocycles. The van der Waals surface area contributed by atoms with E-state index in [1.807, 2.05) is 19.1 Å². The summed E-state index contributed by atoms with van der Waals surface area (Å²) in [5.41, 5.74) is 0.728. The first-order chi connectivity index (χ1) is 12.5. The van der Waals surface area contributed by atoms with Crippen LogP contribution in [-0.4, -0.2) is 25.3 Å². The first-order valence-electron chi connectivity index (χ1n) is 7.81. The van der Waals surface area contributed by atoms with Crippen LogP contribution in [0.25, 0.3) is 0 Å². The van der Waals surface area contributed by atoms with E-state index in [9.17, 15) is 10.1 Å². The number of methoxy groups -OCH3 is 2. The average molecular weight is 356 g/mol. The van der Waals surface area contributed by atoms with Crippen molar-refractivity contribution >= 4 is 11.7 Å². The van der Waals surface area contributed by atoms with Gasteiger partial charge in [0.2, 0.25) is 0 Å². The van der Waals surface area contributed by atoms with Crippen LogP contribution in [0.4, 0.5) is 5.82 Å². The summed E-state index contributed by atoms with van der Waals surface area (Å²) in [5.74, 6) is 1.68. The SMILES string of the molecule is COc1ccc(C(C)NC(=O)/C(C#N)=C\Nc2cc(C)on2)cc1OC. The molecule has 136 valence electrons. The van der Waals surface area contributed by atoms with Gasteiger partial charge in [0.05, 0.1) is 20.3 Å². The maximum absolute atomic E-state index is 12.3. The Kier molecular flexibility index (Phi) is 6.22. The molecule has 0 aliphatic rings. The Morgan fingerprint density at radius 1 is 1.31 bits per heavy atom. The highest BCUT2D eigenvalue weighted by Crippen LogP contribution is 2.29. The molecule has 8 heteroatoms. The largest absolute Gasteiger partial charge is 0.493 e. The van der Waals surface area contributed by atoms with Crippen molar-refractivity contribution in [2.75, 3.05) is 19.5 Å². The van der Waals surface area contributed by atoms with Crippen LogP contribution < -0.4 is 20.1 Å². The van der Waals surface area contributed by atoms with Gasteiger partial charge >= 0.3 is 0 Å². The highest BCUT2D eigenvalue weighted by Gasteiger charge is 2.16. The van der Waals surface area contributed by atoms with E-state index < -0.39 is 5.91 Å². The molecule has 0 radical (unpaired) electrons. The summed E-state index contributed by atoms with van der Waals surface area (Å²) in [5, 5.41) is 18.5. The van der Waals surface area contributed by atoms with Gasteiger partial charge in [-0.05, 0) is 31.5 Å². The number of benzene rings is 1. The number of hydrogen-bond donors (Lipinski definition) is 2. The summed E-state index contributed by atoms with van der Waals surface area (Å²) in [6, 6.07) is 8.52. The number of hydrogen-bond acceptors (Lipinski definition) is 7. The molecule has 0 bridgehead atoms. The monoisotopic (exact) mass is 356 g/mol. The number of nitriles is 1. The van der Waals surface area contributed by atoms with Gasteiger partial charge in [-0.25, -0.2) is 0 Å². The molecule has 2 aromatic rings. The number of carbonyl (C=O) groups excluding carboxylic acids is 1. The number of ether oxygens (including phenoxy) is 2. The second-order valence-electron chi connectivity index (χ2n) is 5.45. The standard InChI is InChI=1S/C18H20N4O4/c1-11-7-17(22-26-11)20-10-14(9-19)18(23)21-12(2)13-5-6-15(24-3)16(8-13)25-4/h5-8,10,12H,1-4H3,(H,20,22)(H,21,23)/b14-10-. The van der Waals surface area contributed by atoms with Crippen LogP contribution in [0.15, 0.2) is 40.6 Å². The van der Waals surface area contributed by atoms with E-state index in [2.05, 4.69) is 15.8 Å². The molecule has 1 aromatic carbocycles. The quantitative estimate of drug-likeness (QED) is 0.580. The van der Waals surface area contributed by atoms with E-state index in [0.717, 1.165) is 5.56 Å². The summed E-state index contributed by atoms with van der Waals surface area (Å²) in [4.78, 5) is 12.3. The number of amides is 1. The minimum atomic E-state index is -0.512. The topological polar surface area (TPSA) is 109 Å². The molecule has 2 N–H and O–H groups in total. The van der Waals surface area contributed by atoms with Crippen LogP contribution in [0, 0.1) is 18.3 Å². The fourth-order valence-electron chi connectivity index (χ4n) is 2.21. The molecule has 0 saturated heterocycles. The normalized spacial score (nSPS) is 12.0. The lowest BCUT2D eigenvalue weighted by molar-refractivity contribution is -0.117. The third kappa shape index (κ3) is 4.54. The Balaban J connectivity index is 2.08. The molecule has 0 saturated carbocycles. The fourth-order valence-corrected chi connectivity index (χ4v) is 2.21. The van der Waals surface area contributed by atoms with E-state index >= 15 is 0 Å². The highest BCUT2D eigenvalue weighted by molar-refractivity contribution is 5.97. The van der Waals surface area contributed by atoms with Crippen LogP contribution in [-0.2, 0) is 4.79 Å². The Bertz CT molecular complexity index is 851. The molecule has 1 unspecified atom stereocenters. The zero-order valence-corrected chi connectivity index (χ0v) is 15.0. The number of nitrogens with one attached hydrogen (secondary N) is 2. The van der Waals surface area contributed by atoms with E-state index in [-0.39, 0.29) is 11.6 Å². The molecule has 0 fully saturated rings. The molecule has 8 nitrogen and oxygen atoms in total. The van der Waals surface area contributed by atoms with Crippen molar-refractivity contribution in [3.05, 3.63) is 47.4 Å². The van der Waals surface area contributed by atoms with Gasteiger partial charge in [0.25, 0.3) is 5.91 Å². The molecule has 1 aromatic heterocycles. The average Bonchev–Trinajstić information content (AvgIpc) is 3.06. The smallest absolute Gasteiger partial charge is 0.263 e. The molecular weight excluding hydrogens is 336 g/mol. The van der Waals surface area contributed by atoms with Gasteiger partial charge < -0.3 is 24.6 Å². The van der Waals surface area contributed by atoms with Crippen molar-refractivity contribution in [3.63, 3.8) is 0 Å². The molecule has 1 atom stereocenters. The molecule has 1 amide bonds. The summed E-state index contributed by atoms with van der Waals surface area (Å²) in [7, 11) is 3.09. The van der Waals surface area contributed by atoms with Gasteiger partial charge in [-0.2, -0.15) is 5.26 Å². The number of aryl methyl sites for hydroxylation is 1. The second-order valence-corrected chi connectivity index (χ2v) is 5.45. The highest BCUT2D eigenvalue weighted by atomic mass is 16.5. The van der Waals surface area contributed by atoms with Crippen molar-refractivity contribution in [2.45, 2.75) is 19.9 Å². The Hall–Kier alpha value is -3.47. The van der Waals surface area contributed by atoms with Gasteiger partial charge in [-0.1, -0.05) is 11.2 Å². The molecule has 26 heavy (non-hydrogen) atoms. The van der Waals surface area contributed by atoms with Crippen LogP contribution in [0.5, 0.6) is 11.5 Å². The van der Waals surface area contributed by atoms with E-state index in [0.29, 0.717) is 23.1 Å². The third-order valence-corrected chi connectivity index (χ3v) is 3.61. The van der Waals surface area contributed by atoms with Gasteiger partial charge in [-0.15, -0.1) is 0 Å². The van der Waals surface area contributed by atoms with E-state index in [1.54, 1.807) is 39.3 Å². The van der Waals surface area contributed by atoms with Gasteiger partial charge in [0.1, 0.15) is 17.4 Å². The van der Waals surface area contributed by atoms with Crippen LogP contribution >= 0.6 is 0 Å². The molecule has 2 rings (SSSR count). The minimum Gasteiger partial charge on any atom is -0.493 e. The molecule has 0 aliphatic heterocycles. The lowest BCUT2D eigenvalue weighted by Gasteiger charge is -2.16. The Morgan fingerprint density at radius 3 is 2.62 bits per heavy atom. The summed E-state index contributed by atoms with van der Waals surface area (Å²) in [6.07, 6.45) is 1.29. The van der Waals surface area contributed by atoms with Crippen molar-refractivity contribution < 1.29 is 18.8 Å². The first-order valence-corrected chi connectivity index (χ1v) is 7.81. The first kappa shape index (κ1) is 18.9. The zero-order valence-electron chi connectivity index (χ0n) is 15.0. The lowest BCUT2D eigenvalue weighted by Crippen LogP contribution is -2.28. The molecule has 0 spiro atoms. The molecular formula is C18H20N4O4.